The molecule has 78 valence electrons. The summed E-state index contributed by atoms with van der Waals surface area (Å²) in [6, 6.07) is 0. The number of aliphatic hydroxyl groups is 1. The second kappa shape index (κ2) is 3.74. The Balaban J connectivity index is 2.55. The van der Waals surface area contributed by atoms with Crippen molar-refractivity contribution in [2.75, 3.05) is 0 Å². The van der Waals surface area contributed by atoms with Gasteiger partial charge in [-0.2, -0.15) is 0 Å². The van der Waals surface area contributed by atoms with E-state index in [1.807, 2.05) is 0 Å². The van der Waals surface area contributed by atoms with Crippen molar-refractivity contribution < 1.29 is 9.90 Å². The normalized spacial score (nSPS) is 10.8. The van der Waals surface area contributed by atoms with Crippen molar-refractivity contribution in [1.29, 1.82) is 0 Å². The Morgan fingerprint density at radius 1 is 1.47 bits per heavy atom. The molecule has 6 nitrogen and oxygen atoms in total. The van der Waals surface area contributed by atoms with Gasteiger partial charge in [0.2, 0.25) is 0 Å². The van der Waals surface area contributed by atoms with Crippen LogP contribution < -0.4 is 0 Å². The van der Waals surface area contributed by atoms with E-state index in [1.165, 1.54) is 19.6 Å². The molecule has 0 aromatic carbocycles. The lowest BCUT2D eigenvalue weighted by Gasteiger charge is -2.00. The standard InChI is InChI=1S/C9H10N4O2/c1-6(15)2-13-5-12-8-7(3-14)10-4-11-9(8)13/h4-5,14H,2-3H2,1H3. The van der Waals surface area contributed by atoms with E-state index in [9.17, 15) is 4.79 Å². The fourth-order valence-corrected chi connectivity index (χ4v) is 1.40. The highest BCUT2D eigenvalue weighted by Crippen LogP contribution is 2.12. The van der Waals surface area contributed by atoms with Gasteiger partial charge in [-0.3, -0.25) is 4.79 Å². The van der Waals surface area contributed by atoms with Crippen molar-refractivity contribution in [3.05, 3.63) is 18.3 Å². The summed E-state index contributed by atoms with van der Waals surface area (Å²) in [5.41, 5.74) is 1.59. The van der Waals surface area contributed by atoms with Crippen LogP contribution in [0.25, 0.3) is 11.2 Å². The molecular weight excluding hydrogens is 196 g/mol. The predicted octanol–water partition coefficient (Wildman–Crippen LogP) is -0.0924. The molecule has 6 heteroatoms. The van der Waals surface area contributed by atoms with Gasteiger partial charge < -0.3 is 9.67 Å². The van der Waals surface area contributed by atoms with Crippen LogP contribution in [0.15, 0.2) is 12.7 Å². The maximum Gasteiger partial charge on any atom is 0.163 e. The van der Waals surface area contributed by atoms with Gasteiger partial charge in [-0.1, -0.05) is 0 Å². The third kappa shape index (κ3) is 1.71. The second-order valence-corrected chi connectivity index (χ2v) is 3.23. The Hall–Kier alpha value is -1.82. The third-order valence-electron chi connectivity index (χ3n) is 2.02. The summed E-state index contributed by atoms with van der Waals surface area (Å²) in [7, 11) is 0. The number of aromatic nitrogens is 4. The number of aliphatic hydroxyl groups excluding tert-OH is 1. The highest BCUT2D eigenvalue weighted by Gasteiger charge is 2.09. The van der Waals surface area contributed by atoms with Crippen LogP contribution in [-0.2, 0) is 17.9 Å². The molecule has 1 N–H and O–H groups in total. The quantitative estimate of drug-likeness (QED) is 0.758. The van der Waals surface area contributed by atoms with E-state index in [0.717, 1.165) is 0 Å². The molecule has 15 heavy (non-hydrogen) atoms. The molecule has 2 aromatic heterocycles. The maximum absolute atomic E-state index is 11.0. The monoisotopic (exact) mass is 206 g/mol. The summed E-state index contributed by atoms with van der Waals surface area (Å²) in [5.74, 6) is 0.0264. The van der Waals surface area contributed by atoms with E-state index in [4.69, 9.17) is 5.11 Å². The zero-order valence-electron chi connectivity index (χ0n) is 8.21. The molecule has 0 saturated heterocycles. The van der Waals surface area contributed by atoms with E-state index in [2.05, 4.69) is 15.0 Å². The molecule has 2 heterocycles. The Morgan fingerprint density at radius 3 is 2.93 bits per heavy atom. The molecule has 0 spiro atoms. The van der Waals surface area contributed by atoms with E-state index in [-0.39, 0.29) is 18.9 Å². The minimum absolute atomic E-state index is 0.0264. The molecule has 0 bridgehead atoms. The average Bonchev–Trinajstić information content (AvgIpc) is 2.61. The number of hydrogen-bond acceptors (Lipinski definition) is 5. The highest BCUT2D eigenvalue weighted by molar-refractivity contribution is 5.79. The highest BCUT2D eigenvalue weighted by atomic mass is 16.3. The Kier molecular flexibility index (Phi) is 2.42. The first kappa shape index (κ1) is 9.72. The van der Waals surface area contributed by atoms with E-state index in [0.29, 0.717) is 16.9 Å². The van der Waals surface area contributed by atoms with Gasteiger partial charge in [-0.15, -0.1) is 0 Å². The van der Waals surface area contributed by atoms with Gasteiger partial charge in [-0.25, -0.2) is 15.0 Å². The van der Waals surface area contributed by atoms with Crippen LogP contribution in [0, 0.1) is 0 Å². The second-order valence-electron chi connectivity index (χ2n) is 3.23. The zero-order valence-corrected chi connectivity index (χ0v) is 8.21. The number of fused-ring (bicyclic) bond motifs is 1. The Morgan fingerprint density at radius 2 is 2.27 bits per heavy atom. The summed E-state index contributed by atoms with van der Waals surface area (Å²) in [4.78, 5) is 23.0. The van der Waals surface area contributed by atoms with Gasteiger partial charge in [0.1, 0.15) is 17.6 Å². The summed E-state index contributed by atoms with van der Waals surface area (Å²) in [6.45, 7) is 1.55. The SMILES string of the molecule is CC(=O)Cn1cnc2c(CO)ncnc21. The number of carbonyl (C=O) groups is 1. The minimum Gasteiger partial charge on any atom is -0.390 e. The van der Waals surface area contributed by atoms with E-state index >= 15 is 0 Å². The fourth-order valence-electron chi connectivity index (χ4n) is 1.40. The average molecular weight is 206 g/mol. The van der Waals surface area contributed by atoms with Crippen molar-refractivity contribution in [2.45, 2.75) is 20.1 Å². The molecule has 0 radical (unpaired) electrons. The number of rotatable bonds is 3. The molecule has 0 unspecified atom stereocenters. The van der Waals surface area contributed by atoms with Crippen LogP contribution in [0.4, 0.5) is 0 Å². The molecule has 0 fully saturated rings. The van der Waals surface area contributed by atoms with Crippen LogP contribution in [0.2, 0.25) is 0 Å². The third-order valence-corrected chi connectivity index (χ3v) is 2.02. The number of hydrogen-bond donors (Lipinski definition) is 1. The lowest BCUT2D eigenvalue weighted by atomic mass is 10.3. The largest absolute Gasteiger partial charge is 0.390 e. The molecular formula is C9H10N4O2. The molecule has 2 aromatic rings. The van der Waals surface area contributed by atoms with Gasteiger partial charge in [0.05, 0.1) is 25.2 Å². The van der Waals surface area contributed by atoms with Crippen LogP contribution in [0.5, 0.6) is 0 Å². The molecule has 0 aliphatic heterocycles. The number of Topliss-reactive ketones (excluding diaryl/α,β-unsaturated/α-hetero) is 1. The van der Waals surface area contributed by atoms with Gasteiger partial charge in [-0.05, 0) is 6.92 Å². The summed E-state index contributed by atoms with van der Waals surface area (Å²) in [6.07, 6.45) is 2.88. The first-order chi connectivity index (χ1) is 7.22. The fraction of sp³-hybridized carbons (Fsp3) is 0.333. The zero-order chi connectivity index (χ0) is 10.8. The predicted molar refractivity (Wildman–Crippen MR) is 51.9 cm³/mol. The number of nitrogens with zero attached hydrogens (tertiary/aromatic N) is 4. The smallest absolute Gasteiger partial charge is 0.163 e. The van der Waals surface area contributed by atoms with Gasteiger partial charge in [0, 0.05) is 0 Å². The van der Waals surface area contributed by atoms with Crippen LogP contribution in [0.3, 0.4) is 0 Å². The molecule has 0 amide bonds. The first-order valence-corrected chi connectivity index (χ1v) is 4.47. The van der Waals surface area contributed by atoms with Gasteiger partial charge in [0.25, 0.3) is 0 Å². The molecule has 0 saturated carbocycles. The number of ketones is 1. The summed E-state index contributed by atoms with van der Waals surface area (Å²) < 4.78 is 1.64. The summed E-state index contributed by atoms with van der Waals surface area (Å²) >= 11 is 0. The molecule has 0 aliphatic carbocycles. The molecule has 0 atom stereocenters. The van der Waals surface area contributed by atoms with E-state index < -0.39 is 0 Å². The van der Waals surface area contributed by atoms with Gasteiger partial charge >= 0.3 is 0 Å². The van der Waals surface area contributed by atoms with Crippen LogP contribution in [-0.4, -0.2) is 30.4 Å². The molecule has 0 aliphatic rings. The number of imidazole rings is 1. The molecule has 2 rings (SSSR count). The first-order valence-electron chi connectivity index (χ1n) is 4.47. The topological polar surface area (TPSA) is 80.9 Å². The minimum atomic E-state index is -0.184. The number of carbonyl (C=O) groups excluding carboxylic acids is 1. The Bertz CT molecular complexity index is 506. The Labute approximate surface area is 85.6 Å². The van der Waals surface area contributed by atoms with Crippen molar-refractivity contribution in [3.8, 4) is 0 Å². The van der Waals surface area contributed by atoms with Crippen LogP contribution >= 0.6 is 0 Å². The van der Waals surface area contributed by atoms with Crippen molar-refractivity contribution in [3.63, 3.8) is 0 Å². The van der Waals surface area contributed by atoms with Crippen molar-refractivity contribution >= 4 is 16.9 Å². The lowest BCUT2D eigenvalue weighted by molar-refractivity contribution is -0.117. The summed E-state index contributed by atoms with van der Waals surface area (Å²) in [5, 5.41) is 9.02. The van der Waals surface area contributed by atoms with Gasteiger partial charge in [0.15, 0.2) is 5.65 Å². The van der Waals surface area contributed by atoms with Crippen molar-refractivity contribution in [1.82, 2.24) is 19.5 Å². The van der Waals surface area contributed by atoms with Crippen LogP contribution in [0.1, 0.15) is 12.6 Å². The van der Waals surface area contributed by atoms with E-state index in [1.54, 1.807) is 4.57 Å². The van der Waals surface area contributed by atoms with Crippen molar-refractivity contribution in [2.24, 2.45) is 0 Å². The maximum atomic E-state index is 11.0. The lowest BCUT2D eigenvalue weighted by Crippen LogP contribution is -2.05.